The van der Waals surface area contributed by atoms with E-state index in [0.717, 1.165) is 0 Å². The van der Waals surface area contributed by atoms with E-state index >= 15 is 0 Å². The molecule has 0 radical (unpaired) electrons. The van der Waals surface area contributed by atoms with E-state index in [-0.39, 0.29) is 18.1 Å². The lowest BCUT2D eigenvalue weighted by atomic mass is 9.96. The van der Waals surface area contributed by atoms with Gasteiger partial charge in [-0.25, -0.2) is 4.79 Å². The number of aliphatic hydroxyl groups excluding tert-OH is 1. The summed E-state index contributed by atoms with van der Waals surface area (Å²) >= 11 is 0. The number of urea groups is 1. The molecule has 5 nitrogen and oxygen atoms in total. The van der Waals surface area contributed by atoms with Crippen LogP contribution >= 0.6 is 0 Å². The highest BCUT2D eigenvalue weighted by Gasteiger charge is 2.20. The normalized spacial score (nSPS) is 11.2. The number of hydrogen-bond donors (Lipinski definition) is 2. The molecule has 2 N–H and O–H groups in total. The van der Waals surface area contributed by atoms with Crippen LogP contribution in [0, 0.1) is 5.41 Å². The minimum Gasteiger partial charge on any atom is -0.396 e. The number of anilines is 1. The Morgan fingerprint density at radius 3 is 2.74 bits per heavy atom. The van der Waals surface area contributed by atoms with Crippen molar-refractivity contribution >= 4 is 11.7 Å². The number of amides is 2. The Labute approximate surface area is 114 Å². The van der Waals surface area contributed by atoms with Gasteiger partial charge in [-0.1, -0.05) is 20.8 Å². The number of carbonyl (C=O) groups is 1. The monoisotopic (exact) mass is 265 g/mol. The molecule has 106 valence electrons. The van der Waals surface area contributed by atoms with Gasteiger partial charge in [0, 0.05) is 25.9 Å². The van der Waals surface area contributed by atoms with Crippen LogP contribution in [-0.2, 0) is 0 Å². The molecule has 0 spiro atoms. The van der Waals surface area contributed by atoms with Crippen molar-refractivity contribution in [3.63, 3.8) is 0 Å². The number of carbonyl (C=O) groups excluding carboxylic acids is 1. The number of rotatable bonds is 5. The van der Waals surface area contributed by atoms with Crippen molar-refractivity contribution < 1.29 is 9.90 Å². The smallest absolute Gasteiger partial charge is 0.321 e. The lowest BCUT2D eigenvalue weighted by molar-refractivity contribution is 0.176. The first kappa shape index (κ1) is 15.4. The van der Waals surface area contributed by atoms with Crippen molar-refractivity contribution in [1.82, 2.24) is 9.88 Å². The van der Waals surface area contributed by atoms with Crippen LogP contribution in [0.25, 0.3) is 0 Å². The fourth-order valence-electron chi connectivity index (χ4n) is 1.73. The molecule has 0 fully saturated rings. The molecule has 0 saturated heterocycles. The molecule has 5 heteroatoms. The van der Waals surface area contributed by atoms with Gasteiger partial charge >= 0.3 is 6.03 Å². The van der Waals surface area contributed by atoms with Gasteiger partial charge in [-0.3, -0.25) is 4.98 Å². The van der Waals surface area contributed by atoms with E-state index < -0.39 is 0 Å². The molecular formula is C14H23N3O2. The van der Waals surface area contributed by atoms with E-state index in [1.807, 2.05) is 0 Å². The molecular weight excluding hydrogens is 242 g/mol. The molecule has 0 atom stereocenters. The van der Waals surface area contributed by atoms with Crippen molar-refractivity contribution in [3.05, 3.63) is 24.5 Å². The predicted molar refractivity (Wildman–Crippen MR) is 76.0 cm³/mol. The molecule has 1 heterocycles. The second-order valence-corrected chi connectivity index (χ2v) is 5.73. The molecule has 0 aliphatic rings. The van der Waals surface area contributed by atoms with Gasteiger partial charge in [-0.2, -0.15) is 0 Å². The number of hydrogen-bond acceptors (Lipinski definition) is 3. The van der Waals surface area contributed by atoms with E-state index in [0.29, 0.717) is 25.2 Å². The van der Waals surface area contributed by atoms with Gasteiger partial charge in [-0.15, -0.1) is 0 Å². The standard InChI is InChI=1S/C14H23N3O2/c1-14(2,3)11-17(8-5-9-18)13(19)16-12-6-4-7-15-10-12/h4,6-7,10,18H,5,8-9,11H2,1-3H3,(H,16,19). The Hall–Kier alpha value is -1.62. The summed E-state index contributed by atoms with van der Waals surface area (Å²) in [4.78, 5) is 17.9. The van der Waals surface area contributed by atoms with Gasteiger partial charge in [0.05, 0.1) is 11.9 Å². The summed E-state index contributed by atoms with van der Waals surface area (Å²) in [5.41, 5.74) is 0.692. The molecule has 19 heavy (non-hydrogen) atoms. The number of pyridine rings is 1. The highest BCUT2D eigenvalue weighted by atomic mass is 16.3. The maximum Gasteiger partial charge on any atom is 0.321 e. The van der Waals surface area contributed by atoms with E-state index in [1.165, 1.54) is 0 Å². The Balaban J connectivity index is 2.65. The fourth-order valence-corrected chi connectivity index (χ4v) is 1.73. The Morgan fingerprint density at radius 2 is 2.21 bits per heavy atom. The molecule has 1 rings (SSSR count). The number of aromatic nitrogens is 1. The average Bonchev–Trinajstić information content (AvgIpc) is 2.34. The summed E-state index contributed by atoms with van der Waals surface area (Å²) in [6.07, 6.45) is 3.85. The van der Waals surface area contributed by atoms with Crippen molar-refractivity contribution in [2.45, 2.75) is 27.2 Å². The van der Waals surface area contributed by atoms with Crippen LogP contribution in [0.5, 0.6) is 0 Å². The SMILES string of the molecule is CC(C)(C)CN(CCCO)C(=O)Nc1cccnc1. The molecule has 0 unspecified atom stereocenters. The van der Waals surface area contributed by atoms with Gasteiger partial charge < -0.3 is 15.3 Å². The fraction of sp³-hybridized carbons (Fsp3) is 0.571. The minimum absolute atomic E-state index is 0.0156. The summed E-state index contributed by atoms with van der Waals surface area (Å²) in [6, 6.07) is 3.42. The van der Waals surface area contributed by atoms with Gasteiger partial charge in [0.15, 0.2) is 0 Å². The summed E-state index contributed by atoms with van der Waals surface area (Å²) in [5, 5.41) is 11.7. The Morgan fingerprint density at radius 1 is 1.47 bits per heavy atom. The molecule has 0 saturated carbocycles. The summed E-state index contributed by atoms with van der Waals surface area (Å²) < 4.78 is 0. The van der Waals surface area contributed by atoms with Crippen LogP contribution in [0.2, 0.25) is 0 Å². The minimum atomic E-state index is -0.156. The largest absolute Gasteiger partial charge is 0.396 e. The number of nitrogens with one attached hydrogen (secondary N) is 1. The highest BCUT2D eigenvalue weighted by Crippen LogP contribution is 2.16. The second kappa shape index (κ2) is 7.09. The van der Waals surface area contributed by atoms with E-state index in [2.05, 4.69) is 31.1 Å². The third kappa shape index (κ3) is 6.20. The molecule has 0 aliphatic carbocycles. The van der Waals surface area contributed by atoms with Gasteiger partial charge in [0.25, 0.3) is 0 Å². The number of aliphatic hydroxyl groups is 1. The van der Waals surface area contributed by atoms with Crippen molar-refractivity contribution in [1.29, 1.82) is 0 Å². The second-order valence-electron chi connectivity index (χ2n) is 5.73. The van der Waals surface area contributed by atoms with Crippen molar-refractivity contribution in [2.24, 2.45) is 5.41 Å². The van der Waals surface area contributed by atoms with E-state index in [9.17, 15) is 4.79 Å². The molecule has 0 aromatic carbocycles. The van der Waals surface area contributed by atoms with Crippen LogP contribution < -0.4 is 5.32 Å². The Bertz CT molecular complexity index is 387. The zero-order valence-corrected chi connectivity index (χ0v) is 11.9. The predicted octanol–water partition coefficient (Wildman–Crippen LogP) is 2.34. The van der Waals surface area contributed by atoms with Crippen LogP contribution in [0.4, 0.5) is 10.5 Å². The maximum absolute atomic E-state index is 12.2. The quantitative estimate of drug-likeness (QED) is 0.858. The average molecular weight is 265 g/mol. The first-order valence-electron chi connectivity index (χ1n) is 6.49. The van der Waals surface area contributed by atoms with Crippen molar-refractivity contribution in [2.75, 3.05) is 25.0 Å². The molecule has 0 bridgehead atoms. The summed E-state index contributed by atoms with van der Waals surface area (Å²) in [7, 11) is 0. The molecule has 1 aromatic heterocycles. The molecule has 0 aliphatic heterocycles. The van der Waals surface area contributed by atoms with Crippen LogP contribution in [0.1, 0.15) is 27.2 Å². The Kier molecular flexibility index (Phi) is 5.76. The third-order valence-electron chi connectivity index (χ3n) is 2.45. The zero-order valence-electron chi connectivity index (χ0n) is 11.9. The highest BCUT2D eigenvalue weighted by molar-refractivity contribution is 5.89. The first-order chi connectivity index (χ1) is 8.92. The van der Waals surface area contributed by atoms with Gasteiger partial charge in [-0.05, 0) is 24.0 Å². The molecule has 2 amide bonds. The molecule has 1 aromatic rings. The van der Waals surface area contributed by atoms with Crippen LogP contribution in [0.3, 0.4) is 0 Å². The topological polar surface area (TPSA) is 65.5 Å². The van der Waals surface area contributed by atoms with Crippen LogP contribution in [0.15, 0.2) is 24.5 Å². The maximum atomic E-state index is 12.2. The van der Waals surface area contributed by atoms with Gasteiger partial charge in [0.1, 0.15) is 0 Å². The van der Waals surface area contributed by atoms with Crippen LogP contribution in [-0.4, -0.2) is 40.7 Å². The summed E-state index contributed by atoms with van der Waals surface area (Å²) in [6.45, 7) is 7.50. The van der Waals surface area contributed by atoms with Crippen molar-refractivity contribution in [3.8, 4) is 0 Å². The third-order valence-corrected chi connectivity index (χ3v) is 2.45. The lowest BCUT2D eigenvalue weighted by Crippen LogP contribution is -2.41. The van der Waals surface area contributed by atoms with E-state index in [1.54, 1.807) is 29.4 Å². The first-order valence-corrected chi connectivity index (χ1v) is 6.49. The number of nitrogens with zero attached hydrogens (tertiary/aromatic N) is 2. The summed E-state index contributed by atoms with van der Waals surface area (Å²) in [5.74, 6) is 0. The van der Waals surface area contributed by atoms with E-state index in [4.69, 9.17) is 5.11 Å². The zero-order chi connectivity index (χ0) is 14.3. The van der Waals surface area contributed by atoms with Gasteiger partial charge in [0.2, 0.25) is 0 Å². The lowest BCUT2D eigenvalue weighted by Gasteiger charge is -2.30.